The van der Waals surface area contributed by atoms with Crippen molar-refractivity contribution in [3.63, 3.8) is 0 Å². The van der Waals surface area contributed by atoms with E-state index in [-0.39, 0.29) is 12.5 Å². The third-order valence-electron chi connectivity index (χ3n) is 4.76. The predicted molar refractivity (Wildman–Crippen MR) is 97.7 cm³/mol. The van der Waals surface area contributed by atoms with Crippen LogP contribution in [0.1, 0.15) is 37.8 Å². The smallest absolute Gasteiger partial charge is 0.305 e. The molecular weight excluding hydrogens is 342 g/mol. The van der Waals surface area contributed by atoms with Crippen LogP contribution >= 0.6 is 11.6 Å². The molecule has 7 heteroatoms. The molecule has 1 aromatic heterocycles. The summed E-state index contributed by atoms with van der Waals surface area (Å²) < 4.78 is 5.59. The molecule has 1 fully saturated rings. The van der Waals surface area contributed by atoms with Gasteiger partial charge in [-0.2, -0.15) is 0 Å². The molecule has 0 radical (unpaired) electrons. The molecule has 0 bridgehead atoms. The van der Waals surface area contributed by atoms with Gasteiger partial charge in [0.05, 0.1) is 23.7 Å². The first kappa shape index (κ1) is 16.3. The Hall–Kier alpha value is -2.21. The van der Waals surface area contributed by atoms with Crippen LogP contribution in [0, 0.1) is 0 Å². The molecule has 2 aliphatic rings. The lowest BCUT2D eigenvalue weighted by Crippen LogP contribution is -2.14. The first-order valence-corrected chi connectivity index (χ1v) is 8.98. The van der Waals surface area contributed by atoms with Crippen LogP contribution in [0.15, 0.2) is 23.2 Å². The molecule has 1 atom stereocenters. The number of nitrogens with one attached hydrogen (secondary N) is 2. The number of ether oxygens (including phenoxy) is 1. The van der Waals surface area contributed by atoms with Gasteiger partial charge in [0, 0.05) is 16.5 Å². The Morgan fingerprint density at radius 1 is 1.36 bits per heavy atom. The molecule has 1 aromatic carbocycles. The lowest BCUT2D eigenvalue weighted by molar-refractivity contribution is -0.137. The minimum Gasteiger partial charge on any atom is -0.481 e. The van der Waals surface area contributed by atoms with Crippen molar-refractivity contribution in [2.24, 2.45) is 4.99 Å². The first-order valence-electron chi connectivity index (χ1n) is 8.60. The zero-order valence-electron chi connectivity index (χ0n) is 13.7. The van der Waals surface area contributed by atoms with Gasteiger partial charge >= 0.3 is 5.97 Å². The first-order chi connectivity index (χ1) is 12.1. The molecule has 2 aromatic rings. The Labute approximate surface area is 150 Å². The fraction of sp³-hybridized carbons (Fsp3) is 0.444. The number of rotatable bonds is 5. The number of fused-ring (bicyclic) bond motifs is 1. The topological polar surface area (TPSA) is 86.7 Å². The maximum atomic E-state index is 10.8. The van der Waals surface area contributed by atoms with E-state index in [1.54, 1.807) is 0 Å². The molecule has 0 saturated heterocycles. The van der Waals surface area contributed by atoms with Crippen LogP contribution in [0.4, 0.5) is 5.69 Å². The van der Waals surface area contributed by atoms with Gasteiger partial charge in [-0.3, -0.25) is 4.79 Å². The number of aliphatic imine (C=N–C) groups is 1. The van der Waals surface area contributed by atoms with Gasteiger partial charge in [0.25, 0.3) is 0 Å². The molecule has 132 valence electrons. The highest BCUT2D eigenvalue weighted by molar-refractivity contribution is 6.32. The summed E-state index contributed by atoms with van der Waals surface area (Å²) >= 11 is 6.28. The summed E-state index contributed by atoms with van der Waals surface area (Å²) in [5, 5.41) is 14.1. The van der Waals surface area contributed by atoms with Gasteiger partial charge in [-0.1, -0.05) is 24.4 Å². The monoisotopic (exact) mass is 361 g/mol. The number of carboxylic acid groups (broad SMARTS) is 1. The van der Waals surface area contributed by atoms with Gasteiger partial charge in [-0.15, -0.1) is 0 Å². The summed E-state index contributed by atoms with van der Waals surface area (Å²) in [6.07, 6.45) is 4.84. The number of H-pyrrole nitrogens is 1. The number of aromatic amines is 1. The van der Waals surface area contributed by atoms with Gasteiger partial charge in [-0.05, 0) is 31.0 Å². The van der Waals surface area contributed by atoms with Gasteiger partial charge in [0.15, 0.2) is 0 Å². The molecule has 2 heterocycles. The number of hydrogen-bond donors (Lipinski definition) is 3. The van der Waals surface area contributed by atoms with Crippen LogP contribution in [-0.4, -0.2) is 40.6 Å². The molecule has 3 N–H and O–H groups in total. The average Bonchev–Trinajstić information content (AvgIpc) is 3.26. The standard InChI is InChI=1S/C18H20ClN3O3/c19-11-5-10-6-15(18-21-13(9-25-18)8-16(23)24)22-17(10)14(7-11)20-12-3-1-2-4-12/h5-7,12-13,20,22H,1-4,8-9H2,(H,23,24)/t13-/m0/s1. The van der Waals surface area contributed by atoms with Crippen LogP contribution < -0.4 is 5.32 Å². The summed E-state index contributed by atoms with van der Waals surface area (Å²) in [6, 6.07) is 5.93. The van der Waals surface area contributed by atoms with Crippen LogP contribution in [0.25, 0.3) is 10.9 Å². The molecule has 25 heavy (non-hydrogen) atoms. The summed E-state index contributed by atoms with van der Waals surface area (Å²) in [5.41, 5.74) is 2.71. The Balaban J connectivity index is 1.64. The number of carboxylic acids is 1. The van der Waals surface area contributed by atoms with E-state index in [4.69, 9.17) is 21.4 Å². The molecule has 1 saturated carbocycles. The minimum absolute atomic E-state index is 0.0238. The van der Waals surface area contributed by atoms with Crippen molar-refractivity contribution in [3.05, 3.63) is 28.9 Å². The van der Waals surface area contributed by atoms with E-state index in [1.165, 1.54) is 25.7 Å². The van der Waals surface area contributed by atoms with Crippen molar-refractivity contribution in [3.8, 4) is 0 Å². The van der Waals surface area contributed by atoms with Crippen LogP contribution in [0.5, 0.6) is 0 Å². The number of carbonyl (C=O) groups is 1. The van der Waals surface area contributed by atoms with Crippen LogP contribution in [0.3, 0.4) is 0 Å². The minimum atomic E-state index is -0.870. The fourth-order valence-corrected chi connectivity index (χ4v) is 3.82. The third-order valence-corrected chi connectivity index (χ3v) is 4.98. The second-order valence-electron chi connectivity index (χ2n) is 6.72. The Morgan fingerprint density at radius 2 is 2.16 bits per heavy atom. The average molecular weight is 362 g/mol. The third kappa shape index (κ3) is 3.44. The maximum absolute atomic E-state index is 10.8. The summed E-state index contributed by atoms with van der Waals surface area (Å²) in [7, 11) is 0. The Kier molecular flexibility index (Phi) is 4.29. The van der Waals surface area contributed by atoms with Gasteiger partial charge in [0.1, 0.15) is 12.3 Å². The van der Waals surface area contributed by atoms with Crippen molar-refractivity contribution >= 4 is 40.1 Å². The predicted octanol–water partition coefficient (Wildman–Crippen LogP) is 3.80. The molecule has 0 spiro atoms. The number of anilines is 1. The number of nitrogens with zero attached hydrogens (tertiary/aromatic N) is 1. The van der Waals surface area contributed by atoms with Crippen LogP contribution in [-0.2, 0) is 9.53 Å². The lowest BCUT2D eigenvalue weighted by Gasteiger charge is -2.14. The molecular formula is C18H20ClN3O3. The van der Waals surface area contributed by atoms with Gasteiger partial charge < -0.3 is 20.1 Å². The molecule has 6 nitrogen and oxygen atoms in total. The second-order valence-corrected chi connectivity index (χ2v) is 7.16. The summed E-state index contributed by atoms with van der Waals surface area (Å²) in [5.74, 6) is -0.407. The summed E-state index contributed by atoms with van der Waals surface area (Å²) in [6.45, 7) is 0.297. The fourth-order valence-electron chi connectivity index (χ4n) is 3.60. The highest BCUT2D eigenvalue weighted by atomic mass is 35.5. The Morgan fingerprint density at radius 3 is 2.92 bits per heavy atom. The Bertz CT molecular complexity index is 839. The normalized spacial score (nSPS) is 20.7. The van der Waals surface area contributed by atoms with E-state index in [9.17, 15) is 4.79 Å². The molecule has 4 rings (SSSR count). The van der Waals surface area contributed by atoms with Crippen LogP contribution in [0.2, 0.25) is 5.02 Å². The van der Waals surface area contributed by atoms with Crippen molar-refractivity contribution in [2.75, 3.05) is 11.9 Å². The maximum Gasteiger partial charge on any atom is 0.305 e. The molecule has 1 aliphatic heterocycles. The van der Waals surface area contributed by atoms with Crippen molar-refractivity contribution in [1.29, 1.82) is 0 Å². The number of hydrogen-bond acceptors (Lipinski definition) is 4. The van der Waals surface area contributed by atoms with E-state index in [1.807, 2.05) is 18.2 Å². The highest BCUT2D eigenvalue weighted by Crippen LogP contribution is 2.32. The van der Waals surface area contributed by atoms with Crippen molar-refractivity contribution in [1.82, 2.24) is 4.98 Å². The number of aliphatic carboxylic acids is 1. The number of benzene rings is 1. The number of halogens is 1. The highest BCUT2D eigenvalue weighted by Gasteiger charge is 2.24. The van der Waals surface area contributed by atoms with Gasteiger partial charge in [-0.25, -0.2) is 4.99 Å². The van der Waals surface area contributed by atoms with E-state index >= 15 is 0 Å². The largest absolute Gasteiger partial charge is 0.481 e. The van der Waals surface area contributed by atoms with E-state index in [2.05, 4.69) is 15.3 Å². The zero-order valence-corrected chi connectivity index (χ0v) is 14.5. The van der Waals surface area contributed by atoms with E-state index in [0.717, 1.165) is 22.3 Å². The lowest BCUT2D eigenvalue weighted by atomic mass is 10.2. The van der Waals surface area contributed by atoms with Crippen molar-refractivity contribution < 1.29 is 14.6 Å². The van der Waals surface area contributed by atoms with E-state index in [0.29, 0.717) is 23.6 Å². The summed E-state index contributed by atoms with van der Waals surface area (Å²) in [4.78, 5) is 18.6. The molecule has 1 aliphatic carbocycles. The van der Waals surface area contributed by atoms with Gasteiger partial charge in [0.2, 0.25) is 5.90 Å². The zero-order chi connectivity index (χ0) is 17.4. The van der Waals surface area contributed by atoms with Crippen molar-refractivity contribution in [2.45, 2.75) is 44.2 Å². The molecule has 0 amide bonds. The second kappa shape index (κ2) is 6.59. The van der Waals surface area contributed by atoms with E-state index < -0.39 is 5.97 Å². The SMILES string of the molecule is O=C(O)C[C@H]1COC(c2cc3cc(Cl)cc(NC4CCCC4)c3[nH]2)=N1. The number of aromatic nitrogens is 1. The quantitative estimate of drug-likeness (QED) is 0.756. The molecule has 0 unspecified atom stereocenters.